The second kappa shape index (κ2) is 10.3. The van der Waals surface area contributed by atoms with Gasteiger partial charge in [-0.05, 0) is 39.2 Å². The Hall–Kier alpha value is -2.68. The third-order valence-corrected chi connectivity index (χ3v) is 3.25. The van der Waals surface area contributed by atoms with E-state index in [4.69, 9.17) is 10.5 Å². The van der Waals surface area contributed by atoms with Crippen molar-refractivity contribution < 1.29 is 14.6 Å². The third-order valence-electron chi connectivity index (χ3n) is 3.25. The van der Waals surface area contributed by atoms with Gasteiger partial charge in [0.25, 0.3) is 5.96 Å². The molecule has 144 valence electrons. The van der Waals surface area contributed by atoms with E-state index in [0.29, 0.717) is 12.8 Å². The average Bonchev–Trinajstić information content (AvgIpc) is 2.54. The lowest BCUT2D eigenvalue weighted by atomic mass is 10.0. The molecule has 26 heavy (non-hydrogen) atoms. The van der Waals surface area contributed by atoms with Crippen LogP contribution >= 0.6 is 0 Å². The van der Waals surface area contributed by atoms with E-state index >= 15 is 0 Å². The molecule has 0 spiro atoms. The highest BCUT2D eigenvalue weighted by atomic mass is 16.7. The zero-order valence-electron chi connectivity index (χ0n) is 15.4. The number of benzene rings is 1. The van der Waals surface area contributed by atoms with Crippen LogP contribution in [0.15, 0.2) is 35.3 Å². The van der Waals surface area contributed by atoms with Gasteiger partial charge in [-0.2, -0.15) is 0 Å². The number of nitrogens with one attached hydrogen (secondary N) is 2. The van der Waals surface area contributed by atoms with Gasteiger partial charge in [0.15, 0.2) is 5.03 Å². The maximum Gasteiger partial charge on any atom is 0.323 e. The standard InChI is InChI=1S/C17H27N5O4/c1-17(2,3)20-14(10-7-11-19-16(18)21-22(24)25)15(23)26-12-13-8-5-4-6-9-13/h4-6,8-9,14,20H,7,10-12H2,1-3H3,(H3,18,19,21)/t14-/m0/s1. The lowest BCUT2D eigenvalue weighted by molar-refractivity contribution is -0.525. The molecule has 0 aliphatic carbocycles. The molecule has 0 aliphatic heterocycles. The molecule has 0 fully saturated rings. The quantitative estimate of drug-likeness (QED) is 0.150. The molecule has 1 rings (SSSR count). The van der Waals surface area contributed by atoms with E-state index in [2.05, 4.69) is 10.3 Å². The fourth-order valence-electron chi connectivity index (χ4n) is 2.22. The summed E-state index contributed by atoms with van der Waals surface area (Å²) in [5.74, 6) is -0.605. The normalized spacial score (nSPS) is 13.1. The number of rotatable bonds is 9. The summed E-state index contributed by atoms with van der Waals surface area (Å²) in [6.45, 7) is 6.35. The van der Waals surface area contributed by atoms with Crippen molar-refractivity contribution in [1.29, 1.82) is 0 Å². The minimum atomic E-state index is -0.774. The van der Waals surface area contributed by atoms with E-state index in [0.717, 1.165) is 5.56 Å². The fraction of sp³-hybridized carbons (Fsp3) is 0.529. The molecule has 0 aliphatic rings. The van der Waals surface area contributed by atoms with Crippen LogP contribution in [0.2, 0.25) is 0 Å². The fourth-order valence-corrected chi connectivity index (χ4v) is 2.22. The largest absolute Gasteiger partial charge is 0.460 e. The average molecular weight is 365 g/mol. The minimum Gasteiger partial charge on any atom is -0.460 e. The van der Waals surface area contributed by atoms with Gasteiger partial charge in [0.05, 0.1) is 0 Å². The van der Waals surface area contributed by atoms with Crippen LogP contribution in [0.25, 0.3) is 0 Å². The van der Waals surface area contributed by atoms with Crippen molar-refractivity contribution >= 4 is 11.9 Å². The summed E-state index contributed by atoms with van der Waals surface area (Å²) in [6, 6.07) is 8.94. The number of esters is 1. The van der Waals surface area contributed by atoms with Crippen molar-refractivity contribution in [3.63, 3.8) is 0 Å². The van der Waals surface area contributed by atoms with Gasteiger partial charge in [-0.3, -0.25) is 10.1 Å². The molecule has 0 saturated carbocycles. The summed E-state index contributed by atoms with van der Waals surface area (Å²) < 4.78 is 5.40. The second-order valence-electron chi connectivity index (χ2n) is 6.82. The van der Waals surface area contributed by atoms with Gasteiger partial charge < -0.3 is 10.5 Å². The number of nitrogens with zero attached hydrogens (tertiary/aromatic N) is 2. The Labute approximate surface area is 153 Å². The van der Waals surface area contributed by atoms with E-state index in [-0.39, 0.29) is 30.6 Å². The number of hydrogen-bond donors (Lipinski definition) is 3. The molecule has 9 heteroatoms. The number of ether oxygens (including phenoxy) is 1. The Balaban J connectivity index is 2.55. The summed E-state index contributed by atoms with van der Waals surface area (Å²) in [7, 11) is 0. The SMILES string of the molecule is CC(C)(C)N[C@@H](CCCN=C(N)N[N+](=O)[O-])C(=O)OCc1ccccc1. The van der Waals surface area contributed by atoms with Crippen molar-refractivity contribution in [3.8, 4) is 0 Å². The second-order valence-corrected chi connectivity index (χ2v) is 6.82. The summed E-state index contributed by atoms with van der Waals surface area (Å²) in [4.78, 5) is 26.5. The van der Waals surface area contributed by atoms with Crippen LogP contribution in [0.4, 0.5) is 0 Å². The van der Waals surface area contributed by atoms with Crippen molar-refractivity contribution in [3.05, 3.63) is 46.0 Å². The van der Waals surface area contributed by atoms with Crippen LogP contribution in [-0.4, -0.2) is 35.1 Å². The number of guanidine groups is 1. The number of nitrogens with two attached hydrogens (primary N) is 1. The molecular formula is C17H27N5O4. The van der Waals surface area contributed by atoms with Crippen LogP contribution in [0.3, 0.4) is 0 Å². The molecule has 4 N–H and O–H groups in total. The van der Waals surface area contributed by atoms with E-state index in [1.807, 2.05) is 51.1 Å². The highest BCUT2D eigenvalue weighted by Crippen LogP contribution is 2.10. The first-order valence-electron chi connectivity index (χ1n) is 8.36. The first-order valence-corrected chi connectivity index (χ1v) is 8.36. The molecule has 0 bridgehead atoms. The van der Waals surface area contributed by atoms with Crippen molar-refractivity contribution in [2.75, 3.05) is 6.54 Å². The molecule has 0 aromatic heterocycles. The van der Waals surface area contributed by atoms with Crippen LogP contribution in [-0.2, 0) is 16.1 Å². The van der Waals surface area contributed by atoms with E-state index in [1.165, 1.54) is 0 Å². The first-order chi connectivity index (χ1) is 12.2. The van der Waals surface area contributed by atoms with Gasteiger partial charge in [0, 0.05) is 12.1 Å². The third kappa shape index (κ3) is 9.58. The van der Waals surface area contributed by atoms with Crippen LogP contribution in [0.5, 0.6) is 0 Å². The van der Waals surface area contributed by atoms with E-state index in [9.17, 15) is 14.9 Å². The minimum absolute atomic E-state index is 0.208. The Kier molecular flexibility index (Phi) is 8.50. The van der Waals surface area contributed by atoms with Gasteiger partial charge in [0.1, 0.15) is 12.6 Å². The molecule has 1 aromatic rings. The molecule has 0 radical (unpaired) electrons. The summed E-state index contributed by atoms with van der Waals surface area (Å²) in [5.41, 5.74) is 7.77. The van der Waals surface area contributed by atoms with Gasteiger partial charge in [0.2, 0.25) is 0 Å². The predicted molar refractivity (Wildman–Crippen MR) is 98.8 cm³/mol. The molecule has 0 unspecified atom stereocenters. The van der Waals surface area contributed by atoms with E-state index in [1.54, 1.807) is 5.43 Å². The predicted octanol–water partition coefficient (Wildman–Crippen LogP) is 1.36. The van der Waals surface area contributed by atoms with Gasteiger partial charge in [-0.25, -0.2) is 15.1 Å². The number of nitro groups is 1. The zero-order chi connectivity index (χ0) is 19.6. The highest BCUT2D eigenvalue weighted by molar-refractivity contribution is 5.76. The lowest BCUT2D eigenvalue weighted by Gasteiger charge is -2.27. The number of aliphatic imine (C=N–C) groups is 1. The Morgan fingerprint density at radius 1 is 1.35 bits per heavy atom. The smallest absolute Gasteiger partial charge is 0.323 e. The van der Waals surface area contributed by atoms with E-state index < -0.39 is 11.1 Å². The van der Waals surface area contributed by atoms with Gasteiger partial charge in [-0.1, -0.05) is 35.8 Å². The molecule has 1 aromatic carbocycles. The number of carbonyl (C=O) groups excluding carboxylic acids is 1. The van der Waals surface area contributed by atoms with Gasteiger partial charge >= 0.3 is 5.97 Å². The molecular weight excluding hydrogens is 338 g/mol. The van der Waals surface area contributed by atoms with Crippen LogP contribution < -0.4 is 16.5 Å². The molecule has 1 atom stereocenters. The number of hydrogen-bond acceptors (Lipinski definition) is 6. The molecule has 0 saturated heterocycles. The van der Waals surface area contributed by atoms with Crippen LogP contribution in [0, 0.1) is 10.1 Å². The Morgan fingerprint density at radius 2 is 2.00 bits per heavy atom. The molecule has 0 amide bonds. The van der Waals surface area contributed by atoms with Crippen molar-refractivity contribution in [2.45, 2.75) is 51.8 Å². The maximum atomic E-state index is 12.4. The molecule has 0 heterocycles. The number of hydrazine groups is 1. The lowest BCUT2D eigenvalue weighted by Crippen LogP contribution is -2.48. The first kappa shape index (κ1) is 21.4. The Morgan fingerprint density at radius 3 is 2.58 bits per heavy atom. The highest BCUT2D eigenvalue weighted by Gasteiger charge is 2.24. The summed E-state index contributed by atoms with van der Waals surface area (Å²) in [5, 5.41) is 12.7. The van der Waals surface area contributed by atoms with Gasteiger partial charge in [-0.15, -0.1) is 0 Å². The topological polar surface area (TPSA) is 132 Å². The number of carbonyl (C=O) groups is 1. The summed E-state index contributed by atoms with van der Waals surface area (Å²) >= 11 is 0. The zero-order valence-corrected chi connectivity index (χ0v) is 15.4. The summed E-state index contributed by atoms with van der Waals surface area (Å²) in [6.07, 6.45) is 0.994. The van der Waals surface area contributed by atoms with Crippen molar-refractivity contribution in [1.82, 2.24) is 10.7 Å². The van der Waals surface area contributed by atoms with Crippen LogP contribution in [0.1, 0.15) is 39.2 Å². The molecule has 9 nitrogen and oxygen atoms in total. The Bertz CT molecular complexity index is 613. The monoisotopic (exact) mass is 365 g/mol. The maximum absolute atomic E-state index is 12.4. The van der Waals surface area contributed by atoms with Crippen molar-refractivity contribution in [2.24, 2.45) is 10.7 Å².